The van der Waals surface area contributed by atoms with Crippen molar-refractivity contribution in [3.63, 3.8) is 0 Å². The molecule has 0 N–H and O–H groups in total. The maximum Gasteiger partial charge on any atom is 0.254 e. The van der Waals surface area contributed by atoms with Crippen LogP contribution in [-0.2, 0) is 6.54 Å². The normalized spacial score (nSPS) is 18.1. The molecule has 7 heteroatoms. The summed E-state index contributed by atoms with van der Waals surface area (Å²) in [5.74, 6) is 2.89. The molecule has 0 aliphatic carbocycles. The van der Waals surface area contributed by atoms with Gasteiger partial charge in [0.25, 0.3) is 5.91 Å². The molecule has 0 unspecified atom stereocenters. The number of hydrogen-bond donors (Lipinski definition) is 0. The van der Waals surface area contributed by atoms with Gasteiger partial charge >= 0.3 is 0 Å². The van der Waals surface area contributed by atoms with E-state index in [1.54, 1.807) is 7.11 Å². The lowest BCUT2D eigenvalue weighted by Gasteiger charge is -2.21. The van der Waals surface area contributed by atoms with Crippen molar-refractivity contribution in [1.29, 1.82) is 0 Å². The van der Waals surface area contributed by atoms with Crippen LogP contribution < -0.4 is 9.47 Å². The third-order valence-corrected chi connectivity index (χ3v) is 6.81. The van der Waals surface area contributed by atoms with Gasteiger partial charge in [0.1, 0.15) is 17.3 Å². The third kappa shape index (κ3) is 5.46. The van der Waals surface area contributed by atoms with Crippen molar-refractivity contribution in [3.05, 3.63) is 77.2 Å². The van der Waals surface area contributed by atoms with Crippen molar-refractivity contribution < 1.29 is 14.3 Å². The summed E-state index contributed by atoms with van der Waals surface area (Å²) in [5, 5.41) is 0. The number of carbonyl (C=O) groups excluding carboxylic acids is 1. The van der Waals surface area contributed by atoms with Crippen molar-refractivity contribution in [2.75, 3.05) is 33.3 Å². The second-order valence-electron chi connectivity index (χ2n) is 9.36. The lowest BCUT2D eigenvalue weighted by atomic mass is 10.1. The predicted molar refractivity (Wildman–Crippen MR) is 134 cm³/mol. The first kappa shape index (κ1) is 23.3. The van der Waals surface area contributed by atoms with E-state index in [4.69, 9.17) is 14.5 Å². The van der Waals surface area contributed by atoms with E-state index < -0.39 is 0 Å². The van der Waals surface area contributed by atoms with Gasteiger partial charge in [0.2, 0.25) is 5.88 Å². The van der Waals surface area contributed by atoms with Gasteiger partial charge in [0.15, 0.2) is 0 Å². The van der Waals surface area contributed by atoms with Gasteiger partial charge in [-0.25, -0.2) is 4.98 Å². The van der Waals surface area contributed by atoms with Crippen LogP contribution in [0.25, 0.3) is 0 Å². The monoisotopic (exact) mass is 472 g/mol. The van der Waals surface area contributed by atoms with Crippen LogP contribution >= 0.6 is 0 Å². The number of carbonyl (C=O) groups is 1. The molecule has 182 valence electrons. The number of hydrogen-bond acceptors (Lipinski definition) is 6. The molecule has 1 aromatic heterocycles. The van der Waals surface area contributed by atoms with Crippen molar-refractivity contribution in [3.8, 4) is 17.4 Å². The van der Waals surface area contributed by atoms with E-state index in [9.17, 15) is 4.79 Å². The average Bonchev–Trinajstić information content (AvgIpc) is 3.57. The Kier molecular flexibility index (Phi) is 6.95. The van der Waals surface area contributed by atoms with E-state index in [2.05, 4.69) is 16.0 Å². The van der Waals surface area contributed by atoms with Crippen LogP contribution in [0.5, 0.6) is 17.4 Å². The Labute approximate surface area is 206 Å². The smallest absolute Gasteiger partial charge is 0.254 e. The zero-order chi connectivity index (χ0) is 24.2. The first-order chi connectivity index (χ1) is 17.1. The molecule has 7 nitrogen and oxygen atoms in total. The van der Waals surface area contributed by atoms with E-state index in [1.165, 1.54) is 12.8 Å². The largest absolute Gasteiger partial charge is 0.497 e. The number of likely N-dealkylation sites (tertiary alicyclic amines) is 2. The molecule has 0 bridgehead atoms. The molecule has 0 radical (unpaired) electrons. The quantitative estimate of drug-likeness (QED) is 0.492. The van der Waals surface area contributed by atoms with Crippen LogP contribution in [-0.4, -0.2) is 59.0 Å². The van der Waals surface area contributed by atoms with Gasteiger partial charge in [0, 0.05) is 42.9 Å². The van der Waals surface area contributed by atoms with Crippen molar-refractivity contribution in [1.82, 2.24) is 19.8 Å². The third-order valence-electron chi connectivity index (χ3n) is 6.81. The molecular weight excluding hydrogens is 440 g/mol. The maximum absolute atomic E-state index is 13.5. The molecule has 1 atom stereocenters. The molecule has 1 amide bonds. The second-order valence-corrected chi connectivity index (χ2v) is 9.36. The van der Waals surface area contributed by atoms with E-state index in [1.807, 2.05) is 60.4 Å². The molecule has 3 aromatic rings. The van der Waals surface area contributed by atoms with Gasteiger partial charge in [-0.05, 0) is 75.2 Å². The average molecular weight is 473 g/mol. The van der Waals surface area contributed by atoms with Crippen LogP contribution in [0.2, 0.25) is 0 Å². The van der Waals surface area contributed by atoms with Crippen molar-refractivity contribution in [2.45, 2.75) is 38.6 Å². The minimum atomic E-state index is 0.0859. The van der Waals surface area contributed by atoms with Gasteiger partial charge in [-0.2, -0.15) is 4.98 Å². The van der Waals surface area contributed by atoms with E-state index in [0.717, 1.165) is 54.4 Å². The van der Waals surface area contributed by atoms with E-state index in [0.29, 0.717) is 24.7 Å². The Bertz CT molecular complexity index is 1180. The Balaban J connectivity index is 1.28. The molecule has 35 heavy (non-hydrogen) atoms. The van der Waals surface area contributed by atoms with Gasteiger partial charge < -0.3 is 14.4 Å². The van der Waals surface area contributed by atoms with E-state index >= 15 is 0 Å². The fourth-order valence-corrected chi connectivity index (χ4v) is 4.94. The first-order valence-electron chi connectivity index (χ1n) is 12.4. The highest BCUT2D eigenvalue weighted by molar-refractivity contribution is 5.96. The summed E-state index contributed by atoms with van der Waals surface area (Å²) in [5.41, 5.74) is 2.78. The number of amides is 1. The van der Waals surface area contributed by atoms with Crippen LogP contribution in [0.4, 0.5) is 0 Å². The number of nitrogens with zero attached hydrogens (tertiary/aromatic N) is 4. The highest BCUT2D eigenvalue weighted by Gasteiger charge is 2.31. The second kappa shape index (κ2) is 10.4. The molecule has 2 aromatic carbocycles. The number of benzene rings is 2. The maximum atomic E-state index is 13.5. The lowest BCUT2D eigenvalue weighted by molar-refractivity contribution is 0.0788. The zero-order valence-electron chi connectivity index (χ0n) is 20.4. The van der Waals surface area contributed by atoms with Gasteiger partial charge in [-0.15, -0.1) is 0 Å². The first-order valence-corrected chi connectivity index (χ1v) is 12.4. The van der Waals surface area contributed by atoms with Crippen LogP contribution in [0.15, 0.2) is 54.6 Å². The highest BCUT2D eigenvalue weighted by Crippen LogP contribution is 2.30. The molecule has 0 spiro atoms. The van der Waals surface area contributed by atoms with Gasteiger partial charge in [-0.3, -0.25) is 9.69 Å². The molecule has 2 saturated heterocycles. The number of aromatic nitrogens is 2. The Morgan fingerprint density at radius 2 is 1.74 bits per heavy atom. The number of rotatable bonds is 7. The molecule has 0 saturated carbocycles. The van der Waals surface area contributed by atoms with Crippen molar-refractivity contribution >= 4 is 5.91 Å². The minimum absolute atomic E-state index is 0.0859. The summed E-state index contributed by atoms with van der Waals surface area (Å²) in [6.07, 6.45) is 3.32. The number of methoxy groups -OCH3 is 1. The van der Waals surface area contributed by atoms with Crippen LogP contribution in [0.3, 0.4) is 0 Å². The summed E-state index contributed by atoms with van der Waals surface area (Å²) in [6.45, 7) is 6.32. The molecular formula is C28H32N4O3. The molecule has 5 rings (SSSR count). The van der Waals surface area contributed by atoms with E-state index in [-0.39, 0.29) is 11.8 Å². The molecule has 2 aliphatic heterocycles. The highest BCUT2D eigenvalue weighted by atomic mass is 16.5. The topological polar surface area (TPSA) is 67.8 Å². The zero-order valence-corrected chi connectivity index (χ0v) is 20.4. The lowest BCUT2D eigenvalue weighted by Crippen LogP contribution is -2.30. The van der Waals surface area contributed by atoms with Crippen LogP contribution in [0, 0.1) is 6.92 Å². The Morgan fingerprint density at radius 1 is 1.00 bits per heavy atom. The molecule has 2 fully saturated rings. The SMILES string of the molecule is COc1ccc(Oc2cc(C)nc([C@H]3CCN(C(=O)c4ccccc4CN4CCCC4)C3)n2)cc1. The van der Waals surface area contributed by atoms with Crippen LogP contribution in [0.1, 0.15) is 52.6 Å². The van der Waals surface area contributed by atoms with Crippen molar-refractivity contribution in [2.24, 2.45) is 0 Å². The fourth-order valence-electron chi connectivity index (χ4n) is 4.94. The summed E-state index contributed by atoms with van der Waals surface area (Å²) < 4.78 is 11.2. The predicted octanol–water partition coefficient (Wildman–Crippen LogP) is 4.81. The van der Waals surface area contributed by atoms with Gasteiger partial charge in [-0.1, -0.05) is 18.2 Å². The Hall–Kier alpha value is -3.45. The summed E-state index contributed by atoms with van der Waals surface area (Å²) in [6, 6.07) is 17.3. The fraction of sp³-hybridized carbons (Fsp3) is 0.393. The molecule has 3 heterocycles. The summed E-state index contributed by atoms with van der Waals surface area (Å²) in [4.78, 5) is 27.2. The molecule has 2 aliphatic rings. The van der Waals surface area contributed by atoms with Gasteiger partial charge in [0.05, 0.1) is 7.11 Å². The minimum Gasteiger partial charge on any atom is -0.497 e. The number of ether oxygens (including phenoxy) is 2. The Morgan fingerprint density at radius 3 is 2.51 bits per heavy atom. The summed E-state index contributed by atoms with van der Waals surface area (Å²) in [7, 11) is 1.64. The number of aryl methyl sites for hydroxylation is 1. The standard InChI is InChI=1S/C28H32N4O3/c1-20-17-26(35-24-11-9-23(34-2)10-12-24)30-27(29-20)22-13-16-32(19-22)28(33)25-8-4-3-7-21(25)18-31-14-5-6-15-31/h3-4,7-12,17,22H,5-6,13-16,18-19H2,1-2H3/t22-/m0/s1. The summed E-state index contributed by atoms with van der Waals surface area (Å²) >= 11 is 0.